The van der Waals surface area contributed by atoms with Crippen LogP contribution in [0.25, 0.3) is 66.4 Å². The van der Waals surface area contributed by atoms with Crippen LogP contribution in [0.2, 0.25) is 0 Å². The van der Waals surface area contributed by atoms with E-state index in [0.29, 0.717) is 0 Å². The summed E-state index contributed by atoms with van der Waals surface area (Å²) in [6.45, 7) is 0. The molecule has 2 aliphatic rings. The molecule has 0 saturated carbocycles. The Kier molecular flexibility index (Phi) is 7.93. The fourth-order valence-corrected chi connectivity index (χ4v) is 10.7. The van der Waals surface area contributed by atoms with E-state index in [2.05, 4.69) is 237 Å². The summed E-state index contributed by atoms with van der Waals surface area (Å²) < 4.78 is 0. The molecule has 0 aromatic heterocycles. The van der Waals surface area contributed by atoms with Crippen LogP contribution in [-0.4, -0.2) is 0 Å². The third-order valence-electron chi connectivity index (χ3n) is 13.2. The highest BCUT2D eigenvalue weighted by Crippen LogP contribution is 2.64. The molecule has 280 valence electrons. The van der Waals surface area contributed by atoms with E-state index in [-0.39, 0.29) is 5.92 Å². The van der Waals surface area contributed by atoms with Crippen molar-refractivity contribution in [2.75, 3.05) is 0 Å². The van der Waals surface area contributed by atoms with Gasteiger partial charge in [-0.15, -0.1) is 0 Å². The van der Waals surface area contributed by atoms with Crippen LogP contribution < -0.4 is 0 Å². The number of hydrogen-bond acceptors (Lipinski definition) is 0. The summed E-state index contributed by atoms with van der Waals surface area (Å²) in [6, 6.07) is 88.1. The number of fused-ring (bicyclic) bond motifs is 10. The molecule has 10 aromatic carbocycles. The summed E-state index contributed by atoms with van der Waals surface area (Å²) in [5.41, 5.74) is 21.5. The van der Waals surface area contributed by atoms with Gasteiger partial charge < -0.3 is 0 Å². The molecule has 60 heavy (non-hydrogen) atoms. The Labute approximate surface area is 351 Å². The van der Waals surface area contributed by atoms with Gasteiger partial charge in [-0.3, -0.25) is 0 Å². The van der Waals surface area contributed by atoms with Crippen LogP contribution in [0.1, 0.15) is 44.9 Å². The van der Waals surface area contributed by atoms with Crippen LogP contribution in [0.4, 0.5) is 0 Å². The molecule has 0 nitrogen and oxygen atoms in total. The van der Waals surface area contributed by atoms with Crippen molar-refractivity contribution in [3.05, 3.63) is 276 Å². The second-order valence-corrected chi connectivity index (χ2v) is 16.3. The van der Waals surface area contributed by atoms with Crippen LogP contribution in [0.15, 0.2) is 237 Å². The first-order valence-electron chi connectivity index (χ1n) is 21.0. The van der Waals surface area contributed by atoms with Crippen LogP contribution >= 0.6 is 0 Å². The third kappa shape index (κ3) is 5.11. The van der Waals surface area contributed by atoms with Crippen molar-refractivity contribution in [3.8, 4) is 55.6 Å². The van der Waals surface area contributed by atoms with E-state index in [1.54, 1.807) is 0 Å². The molecule has 0 spiro atoms. The molecule has 0 N–H and O–H groups in total. The number of rotatable bonds is 6. The van der Waals surface area contributed by atoms with Gasteiger partial charge in [-0.05, 0) is 124 Å². The molecule has 2 aliphatic carbocycles. The molecule has 1 atom stereocenters. The minimum atomic E-state index is -0.533. The van der Waals surface area contributed by atoms with Crippen LogP contribution in [0.3, 0.4) is 0 Å². The van der Waals surface area contributed by atoms with E-state index in [1.165, 1.54) is 105 Å². The molecule has 0 amide bonds. The summed E-state index contributed by atoms with van der Waals surface area (Å²) >= 11 is 0. The maximum Gasteiger partial charge on any atom is 0.0717 e. The Hall–Kier alpha value is -7.54. The highest BCUT2D eigenvalue weighted by atomic mass is 14.5. The predicted octanol–water partition coefficient (Wildman–Crippen LogP) is 15.4. The van der Waals surface area contributed by atoms with Gasteiger partial charge in [-0.1, -0.05) is 218 Å². The predicted molar refractivity (Wildman–Crippen MR) is 250 cm³/mol. The molecule has 0 aliphatic heterocycles. The van der Waals surface area contributed by atoms with Crippen molar-refractivity contribution in [3.63, 3.8) is 0 Å². The molecular weight excluding hydrogens is 721 g/mol. The van der Waals surface area contributed by atoms with Crippen molar-refractivity contribution in [1.29, 1.82) is 0 Å². The fourth-order valence-electron chi connectivity index (χ4n) is 10.7. The molecule has 0 heteroatoms. The summed E-state index contributed by atoms with van der Waals surface area (Å²) in [5, 5.41) is 2.63. The average Bonchev–Trinajstić information content (AvgIpc) is 3.85. The van der Waals surface area contributed by atoms with E-state index in [1.807, 2.05) is 0 Å². The summed E-state index contributed by atoms with van der Waals surface area (Å²) in [5.74, 6) is 0.0280. The Morgan fingerprint density at radius 1 is 0.317 bits per heavy atom. The normalized spacial score (nSPS) is 14.3. The van der Waals surface area contributed by atoms with Gasteiger partial charge in [0.2, 0.25) is 0 Å². The van der Waals surface area contributed by atoms with Crippen LogP contribution in [0.5, 0.6) is 0 Å². The van der Waals surface area contributed by atoms with Crippen molar-refractivity contribution in [2.45, 2.75) is 11.3 Å². The standard InChI is InChI=1S/C60H40/c1-5-19-40(20-6-1)44-37-45(41-21-7-2-8-22-41)39-46(38-44)42-33-35-43(36-34-42)55-49-27-13-14-28-50(49)56-51-29-15-16-30-52(51)57-53-31-17-18-32-54(53)60(59(57)58(55)56,47-23-9-3-10-24-47)48-25-11-4-12-26-48/h1-39,55H. The molecule has 0 saturated heterocycles. The SMILES string of the molecule is c1ccc(-c2cc(-c3ccccc3)cc(-c3ccc(C4c5ccccc5-c5c4c4c(c6ccccc56)-c5ccccc5C4(c4ccccc4)c4ccccc4)cc3)c2)cc1. The minimum absolute atomic E-state index is 0.0280. The van der Waals surface area contributed by atoms with Crippen LogP contribution in [0, 0.1) is 0 Å². The Morgan fingerprint density at radius 3 is 1.32 bits per heavy atom. The third-order valence-corrected chi connectivity index (χ3v) is 13.2. The van der Waals surface area contributed by atoms with E-state index >= 15 is 0 Å². The zero-order chi connectivity index (χ0) is 39.6. The zero-order valence-electron chi connectivity index (χ0n) is 33.1. The van der Waals surface area contributed by atoms with Gasteiger partial charge in [0, 0.05) is 5.92 Å². The monoisotopic (exact) mass is 760 g/mol. The highest BCUT2D eigenvalue weighted by molar-refractivity contribution is 6.13. The van der Waals surface area contributed by atoms with Gasteiger partial charge in [0.05, 0.1) is 5.41 Å². The lowest BCUT2D eigenvalue weighted by Crippen LogP contribution is -2.30. The lowest BCUT2D eigenvalue weighted by atomic mass is 9.65. The number of benzene rings is 10. The van der Waals surface area contributed by atoms with Crippen LogP contribution in [-0.2, 0) is 5.41 Å². The molecule has 0 heterocycles. The summed E-state index contributed by atoms with van der Waals surface area (Å²) in [6.07, 6.45) is 0. The van der Waals surface area contributed by atoms with E-state index in [0.717, 1.165) is 0 Å². The minimum Gasteiger partial charge on any atom is -0.0622 e. The van der Waals surface area contributed by atoms with Gasteiger partial charge in [-0.25, -0.2) is 0 Å². The Balaban J connectivity index is 1.12. The van der Waals surface area contributed by atoms with Crippen molar-refractivity contribution in [1.82, 2.24) is 0 Å². The average molecular weight is 761 g/mol. The Bertz CT molecular complexity index is 3120. The number of hydrogen-bond donors (Lipinski definition) is 0. The maximum absolute atomic E-state index is 2.40. The molecular formula is C60H40. The molecule has 0 bridgehead atoms. The second-order valence-electron chi connectivity index (χ2n) is 16.3. The quantitative estimate of drug-likeness (QED) is 0.158. The fraction of sp³-hybridized carbons (Fsp3) is 0.0333. The molecule has 0 fully saturated rings. The maximum atomic E-state index is 2.40. The molecule has 1 unspecified atom stereocenters. The summed E-state index contributed by atoms with van der Waals surface area (Å²) in [7, 11) is 0. The van der Waals surface area contributed by atoms with Crippen molar-refractivity contribution >= 4 is 10.8 Å². The lowest BCUT2D eigenvalue weighted by molar-refractivity contribution is 0.753. The first kappa shape index (κ1) is 34.5. The first-order chi connectivity index (χ1) is 29.8. The van der Waals surface area contributed by atoms with Gasteiger partial charge in [0.15, 0.2) is 0 Å². The van der Waals surface area contributed by atoms with Gasteiger partial charge in [-0.2, -0.15) is 0 Å². The van der Waals surface area contributed by atoms with E-state index < -0.39 is 5.41 Å². The zero-order valence-corrected chi connectivity index (χ0v) is 33.1. The molecule has 0 radical (unpaired) electrons. The summed E-state index contributed by atoms with van der Waals surface area (Å²) in [4.78, 5) is 0. The largest absolute Gasteiger partial charge is 0.0717 e. The van der Waals surface area contributed by atoms with Crippen molar-refractivity contribution < 1.29 is 0 Å². The van der Waals surface area contributed by atoms with Gasteiger partial charge >= 0.3 is 0 Å². The lowest BCUT2D eigenvalue weighted by Gasteiger charge is -2.36. The second kappa shape index (κ2) is 13.8. The van der Waals surface area contributed by atoms with E-state index in [9.17, 15) is 0 Å². The van der Waals surface area contributed by atoms with Gasteiger partial charge in [0.25, 0.3) is 0 Å². The molecule has 12 rings (SSSR count). The van der Waals surface area contributed by atoms with Gasteiger partial charge in [0.1, 0.15) is 0 Å². The molecule has 10 aromatic rings. The Morgan fingerprint density at radius 2 is 0.750 bits per heavy atom. The first-order valence-corrected chi connectivity index (χ1v) is 21.0. The topological polar surface area (TPSA) is 0 Å². The van der Waals surface area contributed by atoms with E-state index in [4.69, 9.17) is 0 Å². The highest BCUT2D eigenvalue weighted by Gasteiger charge is 2.51. The van der Waals surface area contributed by atoms with Crippen molar-refractivity contribution in [2.24, 2.45) is 0 Å². The smallest absolute Gasteiger partial charge is 0.0622 e.